The smallest absolute Gasteiger partial charge is 0.00938 e. The van der Waals surface area contributed by atoms with Crippen LogP contribution in [0.3, 0.4) is 0 Å². The predicted octanol–water partition coefficient (Wildman–Crippen LogP) is 3.64. The molecule has 1 aliphatic carbocycles. The second kappa shape index (κ2) is 3.57. The van der Waals surface area contributed by atoms with Gasteiger partial charge in [0.25, 0.3) is 0 Å². The minimum absolute atomic E-state index is 0.201. The lowest BCUT2D eigenvalue weighted by molar-refractivity contribution is 0.476. The molecule has 1 rings (SSSR count). The standard InChI is InChI=1S/C12H16/c1-4-11-7-9-12(5-2,6-3)10-8-11/h4-5,7-9H,1-2,6,10H2,3H3. The number of hydrogen-bond acceptors (Lipinski definition) is 0. The van der Waals surface area contributed by atoms with Crippen molar-refractivity contribution in [3.8, 4) is 0 Å². The summed E-state index contributed by atoms with van der Waals surface area (Å²) in [7, 11) is 0. The highest BCUT2D eigenvalue weighted by molar-refractivity contribution is 5.35. The number of rotatable bonds is 3. The van der Waals surface area contributed by atoms with Gasteiger partial charge in [-0.05, 0) is 18.4 Å². The molecule has 0 heteroatoms. The Balaban J connectivity index is 2.80. The van der Waals surface area contributed by atoms with Crippen molar-refractivity contribution in [2.75, 3.05) is 0 Å². The zero-order valence-electron chi connectivity index (χ0n) is 7.72. The third kappa shape index (κ3) is 1.58. The molecular formula is C12H16. The Morgan fingerprint density at radius 1 is 1.58 bits per heavy atom. The monoisotopic (exact) mass is 160 g/mol. The van der Waals surface area contributed by atoms with Crippen molar-refractivity contribution in [2.45, 2.75) is 19.8 Å². The molecule has 0 fully saturated rings. The summed E-state index contributed by atoms with van der Waals surface area (Å²) in [5.41, 5.74) is 1.42. The van der Waals surface area contributed by atoms with Crippen molar-refractivity contribution >= 4 is 0 Å². The van der Waals surface area contributed by atoms with Crippen molar-refractivity contribution in [1.29, 1.82) is 0 Å². The zero-order chi connectivity index (χ0) is 9.03. The van der Waals surface area contributed by atoms with Crippen molar-refractivity contribution in [1.82, 2.24) is 0 Å². The Morgan fingerprint density at radius 3 is 2.67 bits per heavy atom. The lowest BCUT2D eigenvalue weighted by Crippen LogP contribution is -2.14. The average Bonchev–Trinajstić information content (AvgIpc) is 2.18. The first-order chi connectivity index (χ1) is 5.76. The largest absolute Gasteiger partial charge is 0.102 e. The lowest BCUT2D eigenvalue weighted by Gasteiger charge is -2.26. The summed E-state index contributed by atoms with van der Waals surface area (Å²) in [4.78, 5) is 0. The van der Waals surface area contributed by atoms with Gasteiger partial charge < -0.3 is 0 Å². The summed E-state index contributed by atoms with van der Waals surface area (Å²) >= 11 is 0. The quantitative estimate of drug-likeness (QED) is 0.553. The van der Waals surface area contributed by atoms with E-state index in [-0.39, 0.29) is 5.41 Å². The van der Waals surface area contributed by atoms with Gasteiger partial charge in [0.1, 0.15) is 0 Å². The van der Waals surface area contributed by atoms with Gasteiger partial charge in [0.05, 0.1) is 0 Å². The molecule has 0 radical (unpaired) electrons. The minimum Gasteiger partial charge on any atom is -0.102 e. The van der Waals surface area contributed by atoms with Crippen LogP contribution in [-0.4, -0.2) is 0 Å². The molecule has 0 bridgehead atoms. The molecule has 0 heterocycles. The minimum atomic E-state index is 0.201. The highest BCUT2D eigenvalue weighted by Crippen LogP contribution is 2.34. The number of allylic oxidation sites excluding steroid dienone is 6. The van der Waals surface area contributed by atoms with E-state index in [4.69, 9.17) is 0 Å². The second-order valence-corrected chi connectivity index (χ2v) is 3.24. The first-order valence-electron chi connectivity index (χ1n) is 4.42. The Labute approximate surface area is 75.0 Å². The molecule has 0 nitrogen and oxygen atoms in total. The van der Waals surface area contributed by atoms with E-state index in [9.17, 15) is 0 Å². The van der Waals surface area contributed by atoms with E-state index >= 15 is 0 Å². The van der Waals surface area contributed by atoms with E-state index in [0.717, 1.165) is 12.8 Å². The Hall–Kier alpha value is -1.04. The highest BCUT2D eigenvalue weighted by atomic mass is 14.2. The first-order valence-corrected chi connectivity index (χ1v) is 4.42. The Kier molecular flexibility index (Phi) is 2.69. The molecule has 0 aliphatic heterocycles. The highest BCUT2D eigenvalue weighted by Gasteiger charge is 2.21. The van der Waals surface area contributed by atoms with Gasteiger partial charge in [-0.1, -0.05) is 43.9 Å². The summed E-state index contributed by atoms with van der Waals surface area (Å²) in [6.07, 6.45) is 12.7. The summed E-state index contributed by atoms with van der Waals surface area (Å²) in [5.74, 6) is 0. The van der Waals surface area contributed by atoms with Crippen LogP contribution in [0.5, 0.6) is 0 Å². The SMILES string of the molecule is C=CC1=CCC(C=C)(CC)C=C1. The maximum atomic E-state index is 3.87. The van der Waals surface area contributed by atoms with E-state index in [0.29, 0.717) is 0 Å². The number of hydrogen-bond donors (Lipinski definition) is 0. The fraction of sp³-hybridized carbons (Fsp3) is 0.333. The molecule has 1 aliphatic rings. The predicted molar refractivity (Wildman–Crippen MR) is 55.0 cm³/mol. The average molecular weight is 160 g/mol. The van der Waals surface area contributed by atoms with Crippen molar-refractivity contribution in [3.63, 3.8) is 0 Å². The summed E-state index contributed by atoms with van der Waals surface area (Å²) in [5, 5.41) is 0. The Morgan fingerprint density at radius 2 is 2.33 bits per heavy atom. The van der Waals surface area contributed by atoms with Crippen LogP contribution in [0.25, 0.3) is 0 Å². The van der Waals surface area contributed by atoms with Crippen LogP contribution in [0, 0.1) is 5.41 Å². The Bertz CT molecular complexity index is 243. The molecule has 1 atom stereocenters. The van der Waals surface area contributed by atoms with Crippen LogP contribution in [0.4, 0.5) is 0 Å². The molecule has 0 saturated carbocycles. The third-order valence-corrected chi connectivity index (χ3v) is 2.63. The van der Waals surface area contributed by atoms with E-state index in [2.05, 4.69) is 38.3 Å². The molecule has 0 saturated heterocycles. The van der Waals surface area contributed by atoms with E-state index in [1.165, 1.54) is 5.57 Å². The van der Waals surface area contributed by atoms with Crippen molar-refractivity contribution in [2.24, 2.45) is 5.41 Å². The molecule has 0 aromatic rings. The van der Waals surface area contributed by atoms with Crippen LogP contribution >= 0.6 is 0 Å². The van der Waals surface area contributed by atoms with Gasteiger partial charge in [0, 0.05) is 5.41 Å². The van der Waals surface area contributed by atoms with Gasteiger partial charge in [0.2, 0.25) is 0 Å². The van der Waals surface area contributed by atoms with E-state index < -0.39 is 0 Å². The normalized spacial score (nSPS) is 27.9. The van der Waals surface area contributed by atoms with Crippen LogP contribution < -0.4 is 0 Å². The van der Waals surface area contributed by atoms with Crippen LogP contribution in [0.2, 0.25) is 0 Å². The fourth-order valence-corrected chi connectivity index (χ4v) is 1.42. The van der Waals surface area contributed by atoms with E-state index in [1.54, 1.807) is 0 Å². The molecule has 0 aromatic carbocycles. The fourth-order valence-electron chi connectivity index (χ4n) is 1.42. The van der Waals surface area contributed by atoms with Gasteiger partial charge in [-0.25, -0.2) is 0 Å². The van der Waals surface area contributed by atoms with Crippen LogP contribution in [0.15, 0.2) is 49.1 Å². The van der Waals surface area contributed by atoms with Crippen molar-refractivity contribution < 1.29 is 0 Å². The molecule has 0 spiro atoms. The van der Waals surface area contributed by atoms with Gasteiger partial charge >= 0.3 is 0 Å². The molecular weight excluding hydrogens is 144 g/mol. The lowest BCUT2D eigenvalue weighted by atomic mass is 9.78. The van der Waals surface area contributed by atoms with Gasteiger partial charge in [-0.2, -0.15) is 0 Å². The molecule has 0 aromatic heterocycles. The summed E-state index contributed by atoms with van der Waals surface area (Å²) < 4.78 is 0. The molecule has 1 unspecified atom stereocenters. The topological polar surface area (TPSA) is 0 Å². The molecule has 0 amide bonds. The van der Waals surface area contributed by atoms with Gasteiger partial charge in [-0.15, -0.1) is 6.58 Å². The van der Waals surface area contributed by atoms with Crippen LogP contribution in [-0.2, 0) is 0 Å². The molecule has 64 valence electrons. The maximum Gasteiger partial charge on any atom is 0.00938 e. The van der Waals surface area contributed by atoms with Crippen LogP contribution in [0.1, 0.15) is 19.8 Å². The molecule has 12 heavy (non-hydrogen) atoms. The summed E-state index contributed by atoms with van der Waals surface area (Å²) in [6, 6.07) is 0. The zero-order valence-corrected chi connectivity index (χ0v) is 7.72. The first kappa shape index (κ1) is 9.05. The van der Waals surface area contributed by atoms with Gasteiger partial charge in [-0.3, -0.25) is 0 Å². The van der Waals surface area contributed by atoms with Gasteiger partial charge in [0.15, 0.2) is 0 Å². The van der Waals surface area contributed by atoms with E-state index in [1.807, 2.05) is 12.2 Å². The third-order valence-electron chi connectivity index (χ3n) is 2.63. The maximum absolute atomic E-state index is 3.87. The summed E-state index contributed by atoms with van der Waals surface area (Å²) in [6.45, 7) is 9.80. The molecule has 0 N–H and O–H groups in total. The van der Waals surface area contributed by atoms with Crippen molar-refractivity contribution in [3.05, 3.63) is 49.1 Å². The second-order valence-electron chi connectivity index (χ2n) is 3.24.